The molecule has 2 N–H and O–H groups in total. The van der Waals surface area contributed by atoms with Crippen LogP contribution in [0.15, 0.2) is 0 Å². The normalized spacial score (nSPS) is 23.6. The van der Waals surface area contributed by atoms with Crippen LogP contribution in [0.4, 0.5) is 0 Å². The molecule has 0 saturated carbocycles. The van der Waals surface area contributed by atoms with E-state index in [0.717, 1.165) is 0 Å². The minimum Gasteiger partial charge on any atom is -0.480 e. The van der Waals surface area contributed by atoms with Gasteiger partial charge in [-0.2, -0.15) is 8.42 Å². The highest BCUT2D eigenvalue weighted by Gasteiger charge is 2.26. The highest BCUT2D eigenvalue weighted by molar-refractivity contribution is 7.73. The Morgan fingerprint density at radius 3 is 2.55 bits per heavy atom. The smallest absolute Gasteiger partial charge is 0.321 e. The molecule has 1 saturated heterocycles. The molecule has 0 aliphatic carbocycles. The number of nitrogens with one attached hydrogen (secondary N) is 1. The van der Waals surface area contributed by atoms with Gasteiger partial charge < -0.3 is 5.11 Å². The van der Waals surface area contributed by atoms with Crippen LogP contribution >= 0.6 is 0 Å². The van der Waals surface area contributed by atoms with Crippen LogP contribution in [0.25, 0.3) is 0 Å². The third-order valence-electron chi connectivity index (χ3n) is 1.51. The summed E-state index contributed by atoms with van der Waals surface area (Å²) >= 11 is 0. The van der Waals surface area contributed by atoms with Crippen molar-refractivity contribution in [3.05, 3.63) is 0 Å². The molecule has 0 bridgehead atoms. The summed E-state index contributed by atoms with van der Waals surface area (Å²) in [5.74, 6) is -1.01. The first-order valence-corrected chi connectivity index (χ1v) is 4.09. The number of aliphatic carboxylic acids is 1. The Kier molecular flexibility index (Phi) is 2.25. The van der Waals surface area contributed by atoms with Gasteiger partial charge in [-0.25, -0.2) is 0 Å². The number of hydrogen-bond donors (Lipinski definition) is 2. The van der Waals surface area contributed by atoms with Crippen LogP contribution in [0, 0.1) is 0 Å². The van der Waals surface area contributed by atoms with Crippen molar-refractivity contribution >= 4 is 21.1 Å². The van der Waals surface area contributed by atoms with Gasteiger partial charge >= 0.3 is 5.97 Å². The highest BCUT2D eigenvalue weighted by Crippen LogP contribution is 2.01. The molecule has 0 aromatic carbocycles. The third-order valence-corrected chi connectivity index (χ3v) is 2.29. The molecule has 5 nitrogen and oxygen atoms in total. The number of carbonyl (C=O) groups is 1. The number of carboxylic acids is 1. The molecule has 1 fully saturated rings. The second-order valence-electron chi connectivity index (χ2n) is 2.25. The van der Waals surface area contributed by atoms with Gasteiger partial charge in [-0.1, -0.05) is 0 Å². The predicted octanol–water partition coefficient (Wildman–Crippen LogP) is -1.52. The molecule has 0 amide bonds. The average molecular weight is 177 g/mol. The zero-order valence-corrected chi connectivity index (χ0v) is 6.39. The topological polar surface area (TPSA) is 83.5 Å². The highest BCUT2D eigenvalue weighted by atomic mass is 32.2. The number of carboxylic acid groups (broad SMARTS) is 1. The Morgan fingerprint density at radius 2 is 2.27 bits per heavy atom. The predicted molar refractivity (Wildman–Crippen MR) is 38.0 cm³/mol. The summed E-state index contributed by atoms with van der Waals surface area (Å²) in [6.07, 6.45) is 0.0887. The molecule has 0 aromatic heterocycles. The molecule has 62 valence electrons. The van der Waals surface area contributed by atoms with Gasteiger partial charge in [-0.15, -0.1) is 0 Å². The van der Waals surface area contributed by atoms with Gasteiger partial charge in [0, 0.05) is 13.0 Å². The van der Waals surface area contributed by atoms with Crippen LogP contribution in [-0.4, -0.2) is 36.9 Å². The van der Waals surface area contributed by atoms with Crippen molar-refractivity contribution in [1.82, 2.24) is 5.32 Å². The molecule has 1 unspecified atom stereocenters. The van der Waals surface area contributed by atoms with Crippen molar-refractivity contribution < 1.29 is 18.3 Å². The fourth-order valence-electron chi connectivity index (χ4n) is 0.911. The molecule has 0 radical (unpaired) electrons. The molecule has 1 aliphatic rings. The van der Waals surface area contributed by atoms with E-state index in [0.29, 0.717) is 0 Å². The molecule has 6 heteroatoms. The summed E-state index contributed by atoms with van der Waals surface area (Å²) < 4.78 is 20.6. The minimum absolute atomic E-state index is 0.0887. The molecule has 1 rings (SSSR count). The van der Waals surface area contributed by atoms with Crippen LogP contribution in [0.5, 0.6) is 0 Å². The molecule has 1 aliphatic heterocycles. The fraction of sp³-hybridized carbons (Fsp3) is 0.600. The Bertz CT molecular complexity index is 296. The summed E-state index contributed by atoms with van der Waals surface area (Å²) in [4.78, 5) is 10.5. The summed E-state index contributed by atoms with van der Waals surface area (Å²) in [6.45, 7) is 0.160. The second kappa shape index (κ2) is 3.02. The maximum atomic E-state index is 10.3. The van der Waals surface area contributed by atoms with Crippen molar-refractivity contribution in [1.29, 1.82) is 0 Å². The lowest BCUT2D eigenvalue weighted by atomic mass is 10.2. The molecular weight excluding hydrogens is 170 g/mol. The Hall–Kier alpha value is -0.880. The number of rotatable bonds is 1. The monoisotopic (exact) mass is 177 g/mol. The Morgan fingerprint density at radius 1 is 1.64 bits per heavy atom. The first-order valence-electron chi connectivity index (χ1n) is 3.01. The second-order valence-corrected chi connectivity index (χ2v) is 3.30. The first-order chi connectivity index (χ1) is 5.11. The molecule has 0 aromatic rings. The zero-order valence-electron chi connectivity index (χ0n) is 5.57. The van der Waals surface area contributed by atoms with Gasteiger partial charge in [0.1, 0.15) is 6.04 Å². The van der Waals surface area contributed by atoms with E-state index in [1.165, 1.54) is 0 Å². The van der Waals surface area contributed by atoms with E-state index in [9.17, 15) is 13.2 Å². The van der Waals surface area contributed by atoms with Crippen LogP contribution in [-0.2, 0) is 15.1 Å². The number of hydrogen-bond acceptors (Lipinski definition) is 4. The molecule has 1 heterocycles. The minimum atomic E-state index is -2.24. The summed E-state index contributed by atoms with van der Waals surface area (Å²) in [5.41, 5.74) is 0. The standard InChI is InChI=1S/C5H7NO4S/c7-5(8)4-1-3(2-6-4)11(9)10/h4,6H,1-2H2,(H,7,8). The first kappa shape index (κ1) is 8.22. The van der Waals surface area contributed by atoms with Gasteiger partial charge in [-0.3, -0.25) is 10.1 Å². The average Bonchev–Trinajstić information content (AvgIpc) is 2.33. The van der Waals surface area contributed by atoms with Crippen molar-refractivity contribution in [3.63, 3.8) is 0 Å². The molecular formula is C5H7NO4S. The lowest BCUT2D eigenvalue weighted by molar-refractivity contribution is -0.138. The van der Waals surface area contributed by atoms with Gasteiger partial charge in [0.05, 0.1) is 4.86 Å². The van der Waals surface area contributed by atoms with E-state index in [2.05, 4.69) is 5.32 Å². The Labute approximate surface area is 64.6 Å². The molecule has 0 spiro atoms. The maximum Gasteiger partial charge on any atom is 0.321 e. The van der Waals surface area contributed by atoms with E-state index >= 15 is 0 Å². The zero-order chi connectivity index (χ0) is 8.43. The van der Waals surface area contributed by atoms with Crippen molar-refractivity contribution in [2.24, 2.45) is 0 Å². The Balaban J connectivity index is 2.77. The van der Waals surface area contributed by atoms with Gasteiger partial charge in [0.15, 0.2) is 0 Å². The maximum absolute atomic E-state index is 10.3. The summed E-state index contributed by atoms with van der Waals surface area (Å²) in [6, 6.07) is -0.733. The van der Waals surface area contributed by atoms with Crippen molar-refractivity contribution in [2.45, 2.75) is 12.5 Å². The SMILES string of the molecule is O=C(O)C1CC(=S(=O)=O)CN1. The van der Waals surface area contributed by atoms with E-state index in [1.54, 1.807) is 0 Å². The van der Waals surface area contributed by atoms with Gasteiger partial charge in [-0.05, 0) is 0 Å². The summed E-state index contributed by atoms with van der Waals surface area (Å²) in [7, 11) is -2.24. The largest absolute Gasteiger partial charge is 0.480 e. The van der Waals surface area contributed by atoms with E-state index in [4.69, 9.17) is 5.11 Å². The van der Waals surface area contributed by atoms with E-state index in [-0.39, 0.29) is 17.8 Å². The molecule has 11 heavy (non-hydrogen) atoms. The quantitative estimate of drug-likeness (QED) is 0.475. The summed E-state index contributed by atoms with van der Waals surface area (Å²) in [5, 5.41) is 11.0. The van der Waals surface area contributed by atoms with Crippen LogP contribution in [0.3, 0.4) is 0 Å². The van der Waals surface area contributed by atoms with Crippen LogP contribution in [0.2, 0.25) is 0 Å². The van der Waals surface area contributed by atoms with Gasteiger partial charge in [0.2, 0.25) is 10.3 Å². The van der Waals surface area contributed by atoms with Crippen LogP contribution in [0.1, 0.15) is 6.42 Å². The van der Waals surface area contributed by atoms with Crippen LogP contribution < -0.4 is 5.32 Å². The van der Waals surface area contributed by atoms with Crippen molar-refractivity contribution in [2.75, 3.05) is 6.54 Å². The van der Waals surface area contributed by atoms with E-state index < -0.39 is 22.3 Å². The van der Waals surface area contributed by atoms with E-state index in [1.807, 2.05) is 0 Å². The fourth-order valence-corrected chi connectivity index (χ4v) is 1.41. The molecule has 1 atom stereocenters. The third kappa shape index (κ3) is 1.78. The lowest BCUT2D eigenvalue weighted by Crippen LogP contribution is -2.29. The lowest BCUT2D eigenvalue weighted by Gasteiger charge is -1.98. The van der Waals surface area contributed by atoms with Gasteiger partial charge in [0.25, 0.3) is 0 Å². The van der Waals surface area contributed by atoms with Crippen molar-refractivity contribution in [3.8, 4) is 0 Å².